The molecule has 0 atom stereocenters. The van der Waals surface area contributed by atoms with Gasteiger partial charge < -0.3 is 9.64 Å². The Morgan fingerprint density at radius 1 is 1.19 bits per heavy atom. The summed E-state index contributed by atoms with van der Waals surface area (Å²) >= 11 is 0. The molecule has 2 heterocycles. The summed E-state index contributed by atoms with van der Waals surface area (Å²) in [6.45, 7) is 1.54. The fourth-order valence-corrected chi connectivity index (χ4v) is 3.26. The van der Waals surface area contributed by atoms with Crippen LogP contribution in [0.15, 0.2) is 30.6 Å². The van der Waals surface area contributed by atoms with Crippen molar-refractivity contribution in [1.29, 1.82) is 0 Å². The lowest BCUT2D eigenvalue weighted by Gasteiger charge is -2.27. The normalized spacial score (nSPS) is 14.0. The molecule has 0 bridgehead atoms. The van der Waals surface area contributed by atoms with Crippen LogP contribution in [-0.2, 0) is 16.0 Å². The number of carbonyl (C=O) groups excluding carboxylic acids is 1. The van der Waals surface area contributed by atoms with E-state index in [2.05, 4.69) is 14.7 Å². The monoisotopic (exact) mass is 370 g/mol. The van der Waals surface area contributed by atoms with Gasteiger partial charge in [0, 0.05) is 25.1 Å². The smallest absolute Gasteiger partial charge is 0.337 e. The number of anilines is 1. The third-order valence-corrected chi connectivity index (χ3v) is 4.71. The Hall–Kier alpha value is -3.03. The number of rotatable bonds is 6. The Bertz CT molecular complexity index is 817. The SMILES string of the molecule is COC(=O)CCc1ccc(-c2ncnc(N3CCCCC3)c2[N+](=O)[O-])cc1. The van der Waals surface area contributed by atoms with Crippen molar-refractivity contribution in [3.63, 3.8) is 0 Å². The summed E-state index contributed by atoms with van der Waals surface area (Å²) in [6.07, 6.45) is 5.38. The van der Waals surface area contributed by atoms with Crippen molar-refractivity contribution in [2.75, 3.05) is 25.1 Å². The van der Waals surface area contributed by atoms with E-state index in [1.807, 2.05) is 17.0 Å². The highest BCUT2D eigenvalue weighted by Crippen LogP contribution is 2.35. The predicted molar refractivity (Wildman–Crippen MR) is 101 cm³/mol. The zero-order valence-corrected chi connectivity index (χ0v) is 15.3. The molecule has 0 saturated carbocycles. The van der Waals surface area contributed by atoms with Gasteiger partial charge in [0.25, 0.3) is 0 Å². The lowest BCUT2D eigenvalue weighted by Crippen LogP contribution is -2.31. The molecule has 0 spiro atoms. The maximum atomic E-state index is 11.8. The molecule has 2 aromatic rings. The van der Waals surface area contributed by atoms with Crippen LogP contribution in [0.3, 0.4) is 0 Å². The van der Waals surface area contributed by atoms with Crippen molar-refractivity contribution < 1.29 is 14.5 Å². The van der Waals surface area contributed by atoms with Crippen LogP contribution in [0.2, 0.25) is 0 Å². The highest BCUT2D eigenvalue weighted by atomic mass is 16.6. The Labute approximate surface area is 157 Å². The first-order valence-corrected chi connectivity index (χ1v) is 9.00. The van der Waals surface area contributed by atoms with Gasteiger partial charge in [-0.3, -0.25) is 14.9 Å². The summed E-state index contributed by atoms with van der Waals surface area (Å²) in [5, 5.41) is 11.8. The third kappa shape index (κ3) is 4.39. The van der Waals surface area contributed by atoms with E-state index < -0.39 is 4.92 Å². The van der Waals surface area contributed by atoms with Crippen LogP contribution in [-0.4, -0.2) is 41.1 Å². The van der Waals surface area contributed by atoms with Gasteiger partial charge in [-0.25, -0.2) is 9.97 Å². The number of carbonyl (C=O) groups is 1. The van der Waals surface area contributed by atoms with Crippen LogP contribution in [0, 0.1) is 10.1 Å². The van der Waals surface area contributed by atoms with E-state index in [1.54, 1.807) is 12.1 Å². The Balaban J connectivity index is 1.89. The summed E-state index contributed by atoms with van der Waals surface area (Å²) < 4.78 is 4.64. The summed E-state index contributed by atoms with van der Waals surface area (Å²) in [6, 6.07) is 7.29. The fraction of sp³-hybridized carbons (Fsp3) is 0.421. The standard InChI is InChI=1S/C19H22N4O4/c1-27-16(24)10-7-14-5-8-15(9-6-14)17-18(23(25)26)19(21-13-20-17)22-11-3-2-4-12-22/h5-6,8-9,13H,2-4,7,10-12H2,1H3. The second kappa shape index (κ2) is 8.57. The van der Waals surface area contributed by atoms with Crippen LogP contribution in [0.25, 0.3) is 11.3 Å². The Kier molecular flexibility index (Phi) is 5.95. The van der Waals surface area contributed by atoms with Crippen molar-refractivity contribution in [3.8, 4) is 11.3 Å². The first-order chi connectivity index (χ1) is 13.1. The van der Waals surface area contributed by atoms with Crippen LogP contribution < -0.4 is 4.90 Å². The molecule has 142 valence electrons. The molecular weight excluding hydrogens is 348 g/mol. The molecule has 1 saturated heterocycles. The highest BCUT2D eigenvalue weighted by molar-refractivity contribution is 5.77. The van der Waals surface area contributed by atoms with E-state index in [4.69, 9.17) is 0 Å². The summed E-state index contributed by atoms with van der Waals surface area (Å²) in [4.78, 5) is 33.0. The molecule has 0 unspecified atom stereocenters. The van der Waals surface area contributed by atoms with Gasteiger partial charge >= 0.3 is 11.7 Å². The number of benzene rings is 1. The minimum atomic E-state index is -0.398. The maximum absolute atomic E-state index is 11.8. The van der Waals surface area contributed by atoms with E-state index in [0.29, 0.717) is 29.9 Å². The summed E-state index contributed by atoms with van der Waals surface area (Å²) in [5.74, 6) is 0.121. The van der Waals surface area contributed by atoms with Gasteiger partial charge in [0.05, 0.1) is 12.0 Å². The van der Waals surface area contributed by atoms with Gasteiger partial charge in [0.1, 0.15) is 6.33 Å². The highest BCUT2D eigenvalue weighted by Gasteiger charge is 2.28. The molecule has 0 amide bonds. The Morgan fingerprint density at radius 2 is 1.89 bits per heavy atom. The second-order valence-corrected chi connectivity index (χ2v) is 6.47. The minimum Gasteiger partial charge on any atom is -0.469 e. The predicted octanol–water partition coefficient (Wildman–Crippen LogP) is 3.15. The van der Waals surface area contributed by atoms with Crippen LogP contribution in [0.1, 0.15) is 31.2 Å². The van der Waals surface area contributed by atoms with Gasteiger partial charge in [-0.1, -0.05) is 24.3 Å². The van der Waals surface area contributed by atoms with Crippen LogP contribution in [0.5, 0.6) is 0 Å². The quantitative estimate of drug-likeness (QED) is 0.437. The van der Waals surface area contributed by atoms with E-state index in [0.717, 1.165) is 37.9 Å². The molecule has 1 aliphatic heterocycles. The zero-order chi connectivity index (χ0) is 19.2. The van der Waals surface area contributed by atoms with Crippen molar-refractivity contribution in [1.82, 2.24) is 9.97 Å². The summed E-state index contributed by atoms with van der Waals surface area (Å²) in [7, 11) is 1.36. The molecule has 1 aromatic heterocycles. The van der Waals surface area contributed by atoms with Crippen LogP contribution in [0.4, 0.5) is 11.5 Å². The molecule has 1 fully saturated rings. The molecule has 0 N–H and O–H groups in total. The van der Waals surface area contributed by atoms with Gasteiger partial charge in [-0.05, 0) is 31.2 Å². The summed E-state index contributed by atoms with van der Waals surface area (Å²) in [5.41, 5.74) is 1.87. The third-order valence-electron chi connectivity index (χ3n) is 4.71. The number of hydrogen-bond acceptors (Lipinski definition) is 7. The lowest BCUT2D eigenvalue weighted by molar-refractivity contribution is -0.383. The molecule has 27 heavy (non-hydrogen) atoms. The van der Waals surface area contributed by atoms with Gasteiger partial charge in [-0.2, -0.15) is 0 Å². The number of nitro groups is 1. The van der Waals surface area contributed by atoms with Crippen molar-refractivity contribution in [3.05, 3.63) is 46.3 Å². The first-order valence-electron chi connectivity index (χ1n) is 9.00. The molecule has 8 heteroatoms. The number of esters is 1. The first kappa shape index (κ1) is 18.8. The number of ether oxygens (including phenoxy) is 1. The molecule has 0 radical (unpaired) electrons. The average molecular weight is 370 g/mol. The molecule has 3 rings (SSSR count). The molecule has 0 aliphatic carbocycles. The number of piperidine rings is 1. The largest absolute Gasteiger partial charge is 0.469 e. The van der Waals surface area contributed by atoms with Gasteiger partial charge in [-0.15, -0.1) is 0 Å². The average Bonchev–Trinajstić information content (AvgIpc) is 2.72. The van der Waals surface area contributed by atoms with Crippen LogP contribution >= 0.6 is 0 Å². The topological polar surface area (TPSA) is 98.5 Å². The zero-order valence-electron chi connectivity index (χ0n) is 15.3. The molecular formula is C19H22N4O4. The van der Waals surface area contributed by atoms with E-state index >= 15 is 0 Å². The van der Waals surface area contributed by atoms with E-state index in [1.165, 1.54) is 13.4 Å². The maximum Gasteiger partial charge on any atom is 0.337 e. The number of hydrogen-bond donors (Lipinski definition) is 0. The second-order valence-electron chi connectivity index (χ2n) is 6.47. The Morgan fingerprint density at radius 3 is 2.52 bits per heavy atom. The number of methoxy groups -OCH3 is 1. The van der Waals surface area contributed by atoms with Gasteiger partial charge in [0.2, 0.25) is 5.82 Å². The number of nitrogens with zero attached hydrogens (tertiary/aromatic N) is 4. The molecule has 1 aliphatic rings. The van der Waals surface area contributed by atoms with Gasteiger partial charge in [0.15, 0.2) is 5.69 Å². The number of aromatic nitrogens is 2. The minimum absolute atomic E-state index is 0.0540. The lowest BCUT2D eigenvalue weighted by atomic mass is 10.0. The fourth-order valence-electron chi connectivity index (χ4n) is 3.26. The number of aryl methyl sites for hydroxylation is 1. The van der Waals surface area contributed by atoms with E-state index in [-0.39, 0.29) is 11.7 Å². The van der Waals surface area contributed by atoms with Crippen molar-refractivity contribution >= 4 is 17.5 Å². The van der Waals surface area contributed by atoms with Crippen molar-refractivity contribution in [2.24, 2.45) is 0 Å². The van der Waals surface area contributed by atoms with Crippen molar-refractivity contribution in [2.45, 2.75) is 32.1 Å². The molecule has 1 aromatic carbocycles. The van der Waals surface area contributed by atoms with E-state index in [9.17, 15) is 14.9 Å². The molecule has 8 nitrogen and oxygen atoms in total.